The van der Waals surface area contributed by atoms with Crippen LogP contribution in [0.15, 0.2) is 60.7 Å². The Morgan fingerprint density at radius 1 is 0.970 bits per heavy atom. The lowest BCUT2D eigenvalue weighted by Gasteiger charge is -2.23. The minimum Gasteiger partial charge on any atom is -0.356 e. The number of hydrogen-bond donors (Lipinski definition) is 1. The van der Waals surface area contributed by atoms with Crippen LogP contribution < -0.4 is 5.32 Å². The van der Waals surface area contributed by atoms with Crippen molar-refractivity contribution in [2.24, 2.45) is 0 Å². The summed E-state index contributed by atoms with van der Waals surface area (Å²) in [5, 5.41) is 15.6. The van der Waals surface area contributed by atoms with Crippen molar-refractivity contribution in [3.05, 3.63) is 71.5 Å². The van der Waals surface area contributed by atoms with E-state index in [-0.39, 0.29) is 6.23 Å². The molecule has 5 aromatic rings. The fraction of sp³-hybridized carbons (Fsp3) is 0.240. The molecule has 1 aliphatic rings. The maximum atomic E-state index is 6.13. The lowest BCUT2D eigenvalue weighted by molar-refractivity contribution is -0.0368. The van der Waals surface area contributed by atoms with E-state index in [4.69, 9.17) is 26.5 Å². The first-order chi connectivity index (χ1) is 16.2. The SMILES string of the molecule is Cc1nn(C2CCCCO2)c2ccc(Nc3nn(-c4cccc(Cl)n4)c4ccccc34)cc12. The van der Waals surface area contributed by atoms with Crippen molar-refractivity contribution >= 4 is 44.9 Å². The highest BCUT2D eigenvalue weighted by atomic mass is 35.5. The molecule has 1 aliphatic heterocycles. The standard InChI is InChI=1S/C25H23ClN6O/c1-16-19-15-17(12-13-21(19)32(29-16)24-11-4-5-14-33-24)27-25-18-7-2-3-8-20(18)31(30-25)23-10-6-9-22(26)28-23/h2-3,6-10,12-13,15,24H,4-5,11,14H2,1H3,(H,27,30). The summed E-state index contributed by atoms with van der Waals surface area (Å²) in [6.45, 7) is 2.84. The zero-order valence-electron chi connectivity index (χ0n) is 18.2. The minimum absolute atomic E-state index is 0.0126. The van der Waals surface area contributed by atoms with Gasteiger partial charge >= 0.3 is 0 Å². The van der Waals surface area contributed by atoms with Crippen LogP contribution in [-0.4, -0.2) is 31.2 Å². The third-order valence-electron chi connectivity index (χ3n) is 6.09. The molecule has 6 rings (SSSR count). The van der Waals surface area contributed by atoms with Crippen molar-refractivity contribution in [3.63, 3.8) is 0 Å². The highest BCUT2D eigenvalue weighted by Gasteiger charge is 2.20. The first-order valence-electron chi connectivity index (χ1n) is 11.2. The van der Waals surface area contributed by atoms with Crippen molar-refractivity contribution in [3.8, 4) is 5.82 Å². The molecule has 8 heteroatoms. The first kappa shape index (κ1) is 20.2. The van der Waals surface area contributed by atoms with Gasteiger partial charge < -0.3 is 10.1 Å². The molecule has 0 saturated carbocycles. The number of benzene rings is 2. The van der Waals surface area contributed by atoms with Crippen molar-refractivity contribution in [2.45, 2.75) is 32.4 Å². The van der Waals surface area contributed by atoms with Crippen LogP contribution in [0.2, 0.25) is 5.15 Å². The van der Waals surface area contributed by atoms with E-state index in [1.54, 1.807) is 6.07 Å². The summed E-state index contributed by atoms with van der Waals surface area (Å²) in [7, 11) is 0. The van der Waals surface area contributed by atoms with Gasteiger partial charge in [0, 0.05) is 23.1 Å². The summed E-state index contributed by atoms with van der Waals surface area (Å²) >= 11 is 6.13. The number of aromatic nitrogens is 5. The third-order valence-corrected chi connectivity index (χ3v) is 6.30. The fourth-order valence-corrected chi connectivity index (χ4v) is 4.65. The number of nitrogens with zero attached hydrogens (tertiary/aromatic N) is 5. The van der Waals surface area contributed by atoms with Gasteiger partial charge in [0.2, 0.25) is 0 Å². The molecule has 33 heavy (non-hydrogen) atoms. The average Bonchev–Trinajstić information content (AvgIpc) is 3.38. The van der Waals surface area contributed by atoms with Crippen LogP contribution in [-0.2, 0) is 4.74 Å². The number of nitrogens with one attached hydrogen (secondary N) is 1. The van der Waals surface area contributed by atoms with Gasteiger partial charge in [-0.3, -0.25) is 0 Å². The summed E-state index contributed by atoms with van der Waals surface area (Å²) in [6.07, 6.45) is 3.30. The molecule has 0 bridgehead atoms. The summed E-state index contributed by atoms with van der Waals surface area (Å²) in [4.78, 5) is 4.43. The number of hydrogen-bond acceptors (Lipinski definition) is 5. The number of pyridine rings is 1. The molecule has 3 aromatic heterocycles. The van der Waals surface area contributed by atoms with Crippen molar-refractivity contribution in [2.75, 3.05) is 11.9 Å². The van der Waals surface area contributed by atoms with Crippen molar-refractivity contribution in [1.82, 2.24) is 24.5 Å². The number of fused-ring (bicyclic) bond motifs is 2. The zero-order chi connectivity index (χ0) is 22.4. The Hall–Kier alpha value is -3.42. The van der Waals surface area contributed by atoms with Gasteiger partial charge in [0.15, 0.2) is 17.9 Å². The predicted octanol–water partition coefficient (Wildman–Crippen LogP) is 6.17. The van der Waals surface area contributed by atoms with Crippen molar-refractivity contribution < 1.29 is 4.74 Å². The van der Waals surface area contributed by atoms with E-state index in [2.05, 4.69) is 28.5 Å². The van der Waals surface area contributed by atoms with E-state index in [1.807, 2.05) is 52.7 Å². The zero-order valence-corrected chi connectivity index (χ0v) is 19.0. The first-order valence-corrected chi connectivity index (χ1v) is 11.5. The lowest BCUT2D eigenvalue weighted by Crippen LogP contribution is -2.19. The molecule has 0 aliphatic carbocycles. The number of para-hydroxylation sites is 1. The molecule has 2 aromatic carbocycles. The topological polar surface area (TPSA) is 69.8 Å². The second-order valence-electron chi connectivity index (χ2n) is 8.30. The maximum absolute atomic E-state index is 6.13. The predicted molar refractivity (Wildman–Crippen MR) is 130 cm³/mol. The van der Waals surface area contributed by atoms with E-state index >= 15 is 0 Å². The molecule has 0 radical (unpaired) electrons. The molecular formula is C25H23ClN6O. The molecule has 1 atom stereocenters. The Balaban J connectivity index is 1.39. The summed E-state index contributed by atoms with van der Waals surface area (Å²) < 4.78 is 9.81. The Labute approximate surface area is 195 Å². The normalized spacial score (nSPS) is 16.5. The molecule has 0 spiro atoms. The summed E-state index contributed by atoms with van der Waals surface area (Å²) in [5.74, 6) is 1.43. The van der Waals surface area contributed by atoms with E-state index in [0.29, 0.717) is 11.0 Å². The van der Waals surface area contributed by atoms with E-state index in [9.17, 15) is 0 Å². The smallest absolute Gasteiger partial charge is 0.160 e. The average molecular weight is 459 g/mol. The van der Waals surface area contributed by atoms with Gasteiger partial charge in [0.05, 0.1) is 16.7 Å². The van der Waals surface area contributed by atoms with E-state index < -0.39 is 0 Å². The van der Waals surface area contributed by atoms with Gasteiger partial charge in [-0.15, -0.1) is 5.10 Å². The molecule has 1 N–H and O–H groups in total. The van der Waals surface area contributed by atoms with E-state index in [1.165, 1.54) is 6.42 Å². The van der Waals surface area contributed by atoms with Crippen LogP contribution in [0, 0.1) is 6.92 Å². The quantitative estimate of drug-likeness (QED) is 0.326. The fourth-order valence-electron chi connectivity index (χ4n) is 4.49. The van der Waals surface area contributed by atoms with Crippen LogP contribution in [0.5, 0.6) is 0 Å². The number of rotatable bonds is 4. The molecule has 1 unspecified atom stereocenters. The lowest BCUT2D eigenvalue weighted by atomic mass is 10.1. The van der Waals surface area contributed by atoms with Gasteiger partial charge in [-0.1, -0.05) is 29.8 Å². The summed E-state index contributed by atoms with van der Waals surface area (Å²) in [5.41, 5.74) is 3.98. The third kappa shape index (κ3) is 3.63. The molecular weight excluding hydrogens is 436 g/mol. The van der Waals surface area contributed by atoms with Gasteiger partial charge in [-0.25, -0.2) is 14.3 Å². The molecule has 7 nitrogen and oxygen atoms in total. The molecule has 166 valence electrons. The van der Waals surface area contributed by atoms with Gasteiger partial charge in [0.25, 0.3) is 0 Å². The summed E-state index contributed by atoms with van der Waals surface area (Å²) in [6, 6.07) is 19.9. The number of aryl methyl sites for hydroxylation is 1. The Morgan fingerprint density at radius 3 is 2.73 bits per heavy atom. The monoisotopic (exact) mass is 458 g/mol. The van der Waals surface area contributed by atoms with Crippen LogP contribution in [0.25, 0.3) is 27.6 Å². The molecule has 1 fully saturated rings. The molecule has 0 amide bonds. The van der Waals surface area contributed by atoms with Crippen LogP contribution >= 0.6 is 11.6 Å². The van der Waals surface area contributed by atoms with Crippen molar-refractivity contribution in [1.29, 1.82) is 0 Å². The molecule has 4 heterocycles. The Bertz CT molecular complexity index is 1470. The van der Waals surface area contributed by atoms with Crippen LogP contribution in [0.1, 0.15) is 31.2 Å². The van der Waals surface area contributed by atoms with Gasteiger partial charge in [0.1, 0.15) is 5.15 Å². The Morgan fingerprint density at radius 2 is 1.88 bits per heavy atom. The Kier molecular flexibility index (Phi) is 5.00. The largest absolute Gasteiger partial charge is 0.356 e. The number of halogens is 1. The highest BCUT2D eigenvalue weighted by Crippen LogP contribution is 2.32. The number of anilines is 2. The van der Waals surface area contributed by atoms with Crippen LogP contribution in [0.4, 0.5) is 11.5 Å². The van der Waals surface area contributed by atoms with Crippen LogP contribution in [0.3, 0.4) is 0 Å². The second kappa shape index (κ2) is 8.17. The minimum atomic E-state index is 0.0126. The van der Waals surface area contributed by atoms with Gasteiger partial charge in [-0.05, 0) is 68.7 Å². The second-order valence-corrected chi connectivity index (χ2v) is 8.69. The maximum Gasteiger partial charge on any atom is 0.160 e. The van der Waals surface area contributed by atoms with Gasteiger partial charge in [-0.2, -0.15) is 5.10 Å². The highest BCUT2D eigenvalue weighted by molar-refractivity contribution is 6.29. The number of ether oxygens (including phenoxy) is 1. The molecule has 1 saturated heterocycles. The van der Waals surface area contributed by atoms with E-state index in [0.717, 1.165) is 58.5 Å².